The first-order valence-electron chi connectivity index (χ1n) is 8.26. The molecule has 27 heavy (non-hydrogen) atoms. The maximum absolute atomic E-state index is 12.4. The Morgan fingerprint density at radius 1 is 1.22 bits per heavy atom. The zero-order valence-corrected chi connectivity index (χ0v) is 15.9. The molecule has 2 aliphatic rings. The topological polar surface area (TPSA) is 83.0 Å². The summed E-state index contributed by atoms with van der Waals surface area (Å²) in [6.45, 7) is 3.99. The van der Waals surface area contributed by atoms with Crippen molar-refractivity contribution in [3.63, 3.8) is 0 Å². The zero-order valence-electron chi connectivity index (χ0n) is 15.1. The maximum Gasteiger partial charge on any atom is 0.283 e. The van der Waals surface area contributed by atoms with Crippen LogP contribution in [0.5, 0.6) is 5.75 Å². The second-order valence-electron chi connectivity index (χ2n) is 6.12. The lowest BCUT2D eigenvalue weighted by Crippen LogP contribution is -2.35. The van der Waals surface area contributed by atoms with E-state index in [1.165, 1.54) is 16.8 Å². The summed E-state index contributed by atoms with van der Waals surface area (Å²) in [6.07, 6.45) is 1.71. The van der Waals surface area contributed by atoms with Crippen LogP contribution in [-0.2, 0) is 4.79 Å². The predicted molar refractivity (Wildman–Crippen MR) is 108 cm³/mol. The van der Waals surface area contributed by atoms with Gasteiger partial charge in [-0.15, -0.1) is 0 Å². The number of hydrogen-bond acceptors (Lipinski definition) is 5. The number of carbonyl (C=O) groups excluding carboxylic acids is 1. The molecule has 0 aliphatic carbocycles. The molecule has 2 aromatic rings. The molecule has 4 rings (SSSR count). The first kappa shape index (κ1) is 17.3. The minimum absolute atomic E-state index is 0.0421. The third kappa shape index (κ3) is 2.87. The summed E-state index contributed by atoms with van der Waals surface area (Å²) in [5.74, 6) is 0.418. The lowest BCUT2D eigenvalue weighted by molar-refractivity contribution is -0.114. The van der Waals surface area contributed by atoms with E-state index in [-0.39, 0.29) is 11.4 Å². The molecule has 0 bridgehead atoms. The number of methoxy groups -OCH3 is 1. The second kappa shape index (κ2) is 6.55. The van der Waals surface area contributed by atoms with Crippen LogP contribution in [0.1, 0.15) is 17.0 Å². The lowest BCUT2D eigenvalue weighted by Gasteiger charge is -2.20. The number of amidine groups is 2. The molecule has 1 aromatic heterocycles. The van der Waals surface area contributed by atoms with E-state index in [9.17, 15) is 4.79 Å². The molecule has 7 nitrogen and oxygen atoms in total. The average Bonchev–Trinajstić information content (AvgIpc) is 3.23. The van der Waals surface area contributed by atoms with E-state index in [4.69, 9.17) is 10.1 Å². The van der Waals surface area contributed by atoms with Crippen molar-refractivity contribution in [3.8, 4) is 11.4 Å². The Kier molecular flexibility index (Phi) is 4.19. The van der Waals surface area contributed by atoms with Gasteiger partial charge < -0.3 is 9.30 Å². The molecule has 0 atom stereocenters. The van der Waals surface area contributed by atoms with Crippen molar-refractivity contribution in [1.82, 2.24) is 9.58 Å². The van der Waals surface area contributed by atoms with Gasteiger partial charge in [0, 0.05) is 17.1 Å². The van der Waals surface area contributed by atoms with Crippen molar-refractivity contribution in [3.05, 3.63) is 52.9 Å². The molecule has 0 radical (unpaired) electrons. The molecule has 1 aromatic carbocycles. The van der Waals surface area contributed by atoms with Gasteiger partial charge in [-0.25, -0.2) is 0 Å². The molecular formula is C19H17N5O2S. The number of aliphatic imine (C=N–C) groups is 1. The van der Waals surface area contributed by atoms with Gasteiger partial charge in [-0.2, -0.15) is 15.1 Å². The Balaban J connectivity index is 1.75. The molecule has 0 fully saturated rings. The highest BCUT2D eigenvalue weighted by molar-refractivity contribution is 8.25. The number of hydrazone groups is 1. The van der Waals surface area contributed by atoms with Crippen molar-refractivity contribution < 1.29 is 9.53 Å². The molecule has 0 spiro atoms. The Morgan fingerprint density at radius 2 is 1.96 bits per heavy atom. The summed E-state index contributed by atoms with van der Waals surface area (Å²) in [7, 11) is 1.64. The third-order valence-electron chi connectivity index (χ3n) is 4.50. The van der Waals surface area contributed by atoms with Crippen LogP contribution in [-0.4, -0.2) is 39.1 Å². The highest BCUT2D eigenvalue weighted by Gasteiger charge is 2.32. The summed E-state index contributed by atoms with van der Waals surface area (Å²) in [5.41, 5.74) is 5.66. The highest BCUT2D eigenvalue weighted by Crippen LogP contribution is 2.28. The van der Waals surface area contributed by atoms with E-state index >= 15 is 0 Å². The number of fused-ring (bicyclic) bond motifs is 1. The fourth-order valence-corrected chi connectivity index (χ4v) is 3.76. The summed E-state index contributed by atoms with van der Waals surface area (Å²) >= 11 is 1.23. The van der Waals surface area contributed by atoms with Crippen molar-refractivity contribution in [1.29, 1.82) is 5.41 Å². The van der Waals surface area contributed by atoms with Crippen molar-refractivity contribution in [2.45, 2.75) is 13.8 Å². The number of aromatic nitrogens is 1. The Labute approximate surface area is 160 Å². The maximum atomic E-state index is 12.4. The Hall–Kier alpha value is -3.13. The molecule has 0 saturated carbocycles. The van der Waals surface area contributed by atoms with Gasteiger partial charge in [0.2, 0.25) is 0 Å². The SMILES string of the molecule is COc1ccc(-n2c(C)cc(C=C3C(=N)N4N=CSC4=NC3=O)c2C)cc1. The van der Waals surface area contributed by atoms with Crippen LogP contribution >= 0.6 is 11.8 Å². The van der Waals surface area contributed by atoms with E-state index < -0.39 is 5.91 Å². The monoisotopic (exact) mass is 379 g/mol. The number of carbonyl (C=O) groups is 1. The molecular weight excluding hydrogens is 362 g/mol. The average molecular weight is 379 g/mol. The van der Waals surface area contributed by atoms with Crippen LogP contribution in [0, 0.1) is 19.3 Å². The first-order valence-corrected chi connectivity index (χ1v) is 9.14. The lowest BCUT2D eigenvalue weighted by atomic mass is 10.1. The highest BCUT2D eigenvalue weighted by atomic mass is 32.2. The molecule has 1 N–H and O–H groups in total. The Morgan fingerprint density at radius 3 is 2.67 bits per heavy atom. The summed E-state index contributed by atoms with van der Waals surface area (Å²) in [5, 5.41) is 14.2. The second-order valence-corrected chi connectivity index (χ2v) is 6.93. The van der Waals surface area contributed by atoms with Crippen LogP contribution in [0.25, 0.3) is 11.8 Å². The number of ether oxygens (including phenoxy) is 1. The quantitative estimate of drug-likeness (QED) is 0.829. The van der Waals surface area contributed by atoms with Crippen molar-refractivity contribution in [2.75, 3.05) is 7.11 Å². The fourth-order valence-electron chi connectivity index (χ4n) is 3.15. The molecule has 8 heteroatoms. The fraction of sp³-hybridized carbons (Fsp3) is 0.158. The Bertz CT molecular complexity index is 1050. The molecule has 2 aliphatic heterocycles. The molecule has 0 unspecified atom stereocenters. The number of nitrogens with one attached hydrogen (secondary N) is 1. The number of benzene rings is 1. The van der Waals surface area contributed by atoms with E-state index in [1.54, 1.807) is 18.7 Å². The predicted octanol–water partition coefficient (Wildman–Crippen LogP) is 3.35. The van der Waals surface area contributed by atoms with Crippen molar-refractivity contribution >= 4 is 40.3 Å². The van der Waals surface area contributed by atoms with Crippen LogP contribution in [0.3, 0.4) is 0 Å². The summed E-state index contributed by atoms with van der Waals surface area (Å²) in [4.78, 5) is 16.4. The number of rotatable bonds is 3. The normalized spacial score (nSPS) is 17.5. The number of hydrogen-bond donors (Lipinski definition) is 1. The minimum atomic E-state index is -0.418. The van der Waals surface area contributed by atoms with Gasteiger partial charge >= 0.3 is 0 Å². The summed E-state index contributed by atoms with van der Waals surface area (Å²) in [6, 6.07) is 9.78. The van der Waals surface area contributed by atoms with Gasteiger partial charge in [-0.3, -0.25) is 10.2 Å². The van der Waals surface area contributed by atoms with E-state index in [2.05, 4.69) is 14.7 Å². The van der Waals surface area contributed by atoms with Gasteiger partial charge in [0.05, 0.1) is 18.2 Å². The van der Waals surface area contributed by atoms with Gasteiger partial charge in [-0.05, 0) is 67.6 Å². The smallest absolute Gasteiger partial charge is 0.283 e. The molecule has 1 amide bonds. The van der Waals surface area contributed by atoms with Crippen molar-refractivity contribution in [2.24, 2.45) is 10.1 Å². The largest absolute Gasteiger partial charge is 0.497 e. The molecule has 136 valence electrons. The first-order chi connectivity index (χ1) is 13.0. The number of nitrogens with zero attached hydrogens (tertiary/aromatic N) is 4. The standard InChI is InChI=1S/C19H17N5O2S/c1-11-8-13(12(2)23(11)14-4-6-15(26-3)7-5-14)9-16-17(20)24-19(22-18(16)25)27-10-21-24/h4-10,20H,1-3H3. The number of aryl methyl sites for hydroxylation is 1. The number of amides is 1. The number of thioether (sulfide) groups is 1. The van der Waals surface area contributed by atoms with E-state index in [0.717, 1.165) is 28.4 Å². The zero-order chi connectivity index (χ0) is 19.1. The van der Waals surface area contributed by atoms with Gasteiger partial charge in [-0.1, -0.05) is 0 Å². The van der Waals surface area contributed by atoms with E-state index in [1.807, 2.05) is 44.2 Å². The van der Waals surface area contributed by atoms with E-state index in [0.29, 0.717) is 5.17 Å². The van der Waals surface area contributed by atoms with Gasteiger partial charge in [0.25, 0.3) is 5.91 Å². The van der Waals surface area contributed by atoms with Crippen LogP contribution in [0.2, 0.25) is 0 Å². The molecule has 3 heterocycles. The van der Waals surface area contributed by atoms with Crippen LogP contribution in [0.15, 0.2) is 46.0 Å². The minimum Gasteiger partial charge on any atom is -0.497 e. The van der Waals surface area contributed by atoms with Gasteiger partial charge in [0.1, 0.15) is 5.75 Å². The third-order valence-corrected chi connectivity index (χ3v) is 5.17. The van der Waals surface area contributed by atoms with Crippen LogP contribution in [0.4, 0.5) is 0 Å². The van der Waals surface area contributed by atoms with Crippen LogP contribution < -0.4 is 4.74 Å². The summed E-state index contributed by atoms with van der Waals surface area (Å²) < 4.78 is 7.32. The van der Waals surface area contributed by atoms with Gasteiger partial charge in [0.15, 0.2) is 11.0 Å². The molecule has 0 saturated heterocycles.